The molecule has 0 aliphatic carbocycles. The van der Waals surface area contributed by atoms with Crippen LogP contribution in [0.25, 0.3) is 10.2 Å². The number of halogens is 4. The zero-order valence-electron chi connectivity index (χ0n) is 30.2. The highest BCUT2D eigenvalue weighted by molar-refractivity contribution is 7.91. The largest absolute Gasteiger partial charge is 0.491 e. The van der Waals surface area contributed by atoms with Crippen molar-refractivity contribution in [1.82, 2.24) is 25.3 Å². The Hall–Kier alpha value is -5.22. The molecule has 3 aromatic carbocycles. The van der Waals surface area contributed by atoms with E-state index < -0.39 is 70.4 Å². The van der Waals surface area contributed by atoms with E-state index in [1.165, 1.54) is 10.9 Å². The standard InChI is InChI=1S/C36H36F4N6O9S2/c1-35(2)54-29(16-37)30(55-35)19-53-24-9-5-21(6-10-24)14-28(32(47)42-27(33(48)49)13-20-3-7-22(8-4-20)36(38,39)40)46-17-23(44-45-46)18-52-25-11-12-26-31(15-25)56-34(43-26)57(41,50)51/h3-12,15,17,27-30H,13-14,16,18-19H2,1-2H3,(H,42,47)(H,48,49)(H2,41,50,51)/t27-,28-,29-,30-/m0/s1. The lowest BCUT2D eigenvalue weighted by Gasteiger charge is -2.21. The lowest BCUT2D eigenvalue weighted by molar-refractivity contribution is -0.149. The minimum absolute atomic E-state index is 0.0103. The van der Waals surface area contributed by atoms with Crippen LogP contribution in [0.2, 0.25) is 0 Å². The number of fused-ring (bicyclic) bond motifs is 1. The second kappa shape index (κ2) is 16.7. The first-order valence-corrected chi connectivity index (χ1v) is 19.5. The van der Waals surface area contributed by atoms with Crippen molar-refractivity contribution in [2.45, 2.75) is 73.9 Å². The Bertz CT molecular complexity index is 2320. The van der Waals surface area contributed by atoms with Crippen molar-refractivity contribution >= 4 is 43.5 Å². The van der Waals surface area contributed by atoms with Crippen molar-refractivity contribution in [1.29, 1.82) is 0 Å². The Morgan fingerprint density at radius 1 is 1.00 bits per heavy atom. The summed E-state index contributed by atoms with van der Waals surface area (Å²) in [5, 5.41) is 25.9. The van der Waals surface area contributed by atoms with Crippen LogP contribution in [0.15, 0.2) is 77.3 Å². The fourth-order valence-corrected chi connectivity index (χ4v) is 7.61. The molecule has 1 aliphatic rings. The van der Waals surface area contributed by atoms with Gasteiger partial charge < -0.3 is 29.4 Å². The van der Waals surface area contributed by atoms with Gasteiger partial charge in [0.1, 0.15) is 61.4 Å². The van der Waals surface area contributed by atoms with Gasteiger partial charge in [-0.2, -0.15) is 13.2 Å². The number of rotatable bonds is 16. The number of carboxylic acid groups (broad SMARTS) is 1. The summed E-state index contributed by atoms with van der Waals surface area (Å²) in [6.45, 7) is 2.48. The number of carbonyl (C=O) groups excluding carboxylic acids is 1. The van der Waals surface area contributed by atoms with E-state index in [0.717, 1.165) is 35.6 Å². The fourth-order valence-electron chi connectivity index (χ4n) is 5.93. The van der Waals surface area contributed by atoms with Crippen LogP contribution in [0.5, 0.6) is 11.5 Å². The second-order valence-corrected chi connectivity index (χ2v) is 16.2. The number of amides is 1. The molecule has 57 heavy (non-hydrogen) atoms. The van der Waals surface area contributed by atoms with Crippen LogP contribution in [0.4, 0.5) is 17.6 Å². The van der Waals surface area contributed by atoms with E-state index in [1.807, 2.05) is 0 Å². The number of alkyl halides is 4. The number of carbonyl (C=O) groups is 2. The lowest BCUT2D eigenvalue weighted by atomic mass is 10.0. The molecule has 1 fully saturated rings. The Balaban J connectivity index is 1.18. The van der Waals surface area contributed by atoms with Crippen LogP contribution in [0, 0.1) is 0 Å². The van der Waals surface area contributed by atoms with Crippen LogP contribution < -0.4 is 19.9 Å². The summed E-state index contributed by atoms with van der Waals surface area (Å²) in [6, 6.07) is 12.6. The van der Waals surface area contributed by atoms with E-state index in [2.05, 4.69) is 20.6 Å². The van der Waals surface area contributed by atoms with Crippen LogP contribution in [0.3, 0.4) is 0 Å². The van der Waals surface area contributed by atoms with E-state index in [1.54, 1.807) is 56.3 Å². The molecular formula is C36H36F4N6O9S2. The van der Waals surface area contributed by atoms with Crippen molar-refractivity contribution < 1.29 is 59.6 Å². The molecular weight excluding hydrogens is 801 g/mol. The summed E-state index contributed by atoms with van der Waals surface area (Å²) in [7, 11) is -4.00. The summed E-state index contributed by atoms with van der Waals surface area (Å²) in [4.78, 5) is 30.1. The smallest absolute Gasteiger partial charge is 0.416 e. The average molecular weight is 837 g/mol. The van der Waals surface area contributed by atoms with E-state index in [0.29, 0.717) is 27.3 Å². The van der Waals surface area contributed by atoms with Crippen LogP contribution in [-0.4, -0.2) is 82.7 Å². The van der Waals surface area contributed by atoms with Gasteiger partial charge >= 0.3 is 12.1 Å². The quantitative estimate of drug-likeness (QED) is 0.117. The molecule has 4 N–H and O–H groups in total. The maximum Gasteiger partial charge on any atom is 0.416 e. The number of hydrogen-bond donors (Lipinski definition) is 3. The van der Waals surface area contributed by atoms with E-state index >= 15 is 0 Å². The molecule has 2 aromatic heterocycles. The first-order valence-electron chi connectivity index (χ1n) is 17.2. The molecule has 15 nitrogen and oxygen atoms in total. The van der Waals surface area contributed by atoms with Gasteiger partial charge in [-0.3, -0.25) is 4.79 Å². The van der Waals surface area contributed by atoms with Gasteiger partial charge in [0.15, 0.2) is 5.79 Å². The zero-order valence-corrected chi connectivity index (χ0v) is 31.8. The van der Waals surface area contributed by atoms with Gasteiger partial charge in [-0.15, -0.1) is 16.4 Å². The number of hydrogen-bond acceptors (Lipinski definition) is 12. The van der Waals surface area contributed by atoms with E-state index in [-0.39, 0.29) is 41.7 Å². The van der Waals surface area contributed by atoms with Crippen molar-refractivity contribution in [3.05, 3.63) is 95.3 Å². The van der Waals surface area contributed by atoms with Gasteiger partial charge in [-0.05, 0) is 67.4 Å². The summed E-state index contributed by atoms with van der Waals surface area (Å²) in [6.07, 6.45) is -4.92. The highest BCUT2D eigenvalue weighted by Gasteiger charge is 2.41. The molecule has 0 radical (unpaired) electrons. The summed E-state index contributed by atoms with van der Waals surface area (Å²) < 4.78 is 101. The summed E-state index contributed by atoms with van der Waals surface area (Å²) >= 11 is 0.871. The molecule has 3 heterocycles. The zero-order chi connectivity index (χ0) is 41.1. The molecule has 304 valence electrons. The molecule has 0 saturated carbocycles. The third kappa shape index (κ3) is 10.6. The van der Waals surface area contributed by atoms with Gasteiger partial charge in [0.2, 0.25) is 10.2 Å². The molecule has 1 saturated heterocycles. The average Bonchev–Trinajstić information content (AvgIpc) is 3.88. The van der Waals surface area contributed by atoms with Crippen LogP contribution in [0.1, 0.15) is 42.3 Å². The number of nitrogens with zero attached hydrogens (tertiary/aromatic N) is 4. The van der Waals surface area contributed by atoms with Crippen molar-refractivity contribution in [2.24, 2.45) is 5.14 Å². The number of primary sulfonamides is 1. The molecule has 0 unspecified atom stereocenters. The number of aromatic nitrogens is 4. The molecule has 5 aromatic rings. The third-order valence-electron chi connectivity index (χ3n) is 8.69. The molecule has 0 bridgehead atoms. The lowest BCUT2D eigenvalue weighted by Crippen LogP contribution is -2.46. The number of ether oxygens (including phenoxy) is 4. The van der Waals surface area contributed by atoms with E-state index in [4.69, 9.17) is 24.1 Å². The molecule has 6 rings (SSSR count). The van der Waals surface area contributed by atoms with Crippen LogP contribution >= 0.6 is 11.3 Å². The normalized spacial score (nSPS) is 17.9. The predicted molar refractivity (Wildman–Crippen MR) is 195 cm³/mol. The van der Waals surface area contributed by atoms with Crippen LogP contribution in [-0.2, 0) is 54.7 Å². The molecule has 4 atom stereocenters. The van der Waals surface area contributed by atoms with E-state index in [9.17, 15) is 40.7 Å². The maximum atomic E-state index is 13.9. The highest BCUT2D eigenvalue weighted by Crippen LogP contribution is 2.31. The minimum Gasteiger partial charge on any atom is -0.491 e. The fraction of sp³-hybridized carbons (Fsp3) is 0.361. The number of benzene rings is 3. The molecule has 1 aliphatic heterocycles. The molecule has 21 heteroatoms. The topological polar surface area (TPSA) is 207 Å². The monoisotopic (exact) mass is 836 g/mol. The van der Waals surface area contributed by atoms with Gasteiger partial charge in [0.05, 0.1) is 22.0 Å². The maximum absolute atomic E-state index is 13.9. The number of nitrogens with two attached hydrogens (primary N) is 1. The third-order valence-corrected chi connectivity index (χ3v) is 11.0. The Labute approximate surface area is 326 Å². The molecule has 0 spiro atoms. The Morgan fingerprint density at radius 2 is 1.65 bits per heavy atom. The number of nitrogens with one attached hydrogen (secondary N) is 1. The van der Waals surface area contributed by atoms with Gasteiger partial charge in [-0.25, -0.2) is 32.4 Å². The SMILES string of the molecule is CC1(C)O[C@@H](CF)[C@H](COc2ccc(C[C@@H](C(=O)N[C@@H](Cc3ccc(C(F)(F)F)cc3)C(=O)O)n3cc(COc4ccc5nc(S(N)(=O)=O)sc5c4)nn3)cc2)O1. The number of carboxylic acids is 1. The number of aliphatic carboxylic acids is 1. The van der Waals surface area contributed by atoms with Crippen molar-refractivity contribution in [2.75, 3.05) is 13.3 Å². The van der Waals surface area contributed by atoms with Gasteiger partial charge in [0, 0.05) is 12.8 Å². The summed E-state index contributed by atoms with van der Waals surface area (Å²) in [5.41, 5.74) is 0.625. The first-order chi connectivity index (χ1) is 26.9. The minimum atomic E-state index is -4.58. The summed E-state index contributed by atoms with van der Waals surface area (Å²) in [5.74, 6) is -2.38. The number of thiazole rings is 1. The number of sulfonamides is 1. The first kappa shape index (κ1) is 41.4. The van der Waals surface area contributed by atoms with Crippen molar-refractivity contribution in [3.63, 3.8) is 0 Å². The van der Waals surface area contributed by atoms with Gasteiger partial charge in [0.25, 0.3) is 10.0 Å². The predicted octanol–water partition coefficient (Wildman–Crippen LogP) is 4.60. The second-order valence-electron chi connectivity index (χ2n) is 13.5. The molecule has 1 amide bonds. The Kier molecular flexibility index (Phi) is 12.1. The Morgan fingerprint density at radius 3 is 2.30 bits per heavy atom. The van der Waals surface area contributed by atoms with Crippen molar-refractivity contribution in [3.8, 4) is 11.5 Å². The van der Waals surface area contributed by atoms with Gasteiger partial charge in [-0.1, -0.05) is 29.5 Å². The highest BCUT2D eigenvalue weighted by atomic mass is 32.2.